The standard InChI is InChI=1S/C14H19NO5/c1-7-5-9(16)15-6-8-12(20-14(2,3)19-8)11(15)10(7)13(17)18-4/h7-8,12H,5-6H2,1-4H3/t7-,8+,12+/m0/s1. The van der Waals surface area contributed by atoms with Gasteiger partial charge >= 0.3 is 5.97 Å². The number of hydrogen-bond donors (Lipinski definition) is 0. The number of carbonyl (C=O) groups is 2. The van der Waals surface area contributed by atoms with E-state index in [9.17, 15) is 9.59 Å². The van der Waals surface area contributed by atoms with Gasteiger partial charge in [0.15, 0.2) is 5.79 Å². The van der Waals surface area contributed by atoms with Crippen LogP contribution in [0.3, 0.4) is 0 Å². The molecule has 0 N–H and O–H groups in total. The Morgan fingerprint density at radius 3 is 2.75 bits per heavy atom. The van der Waals surface area contributed by atoms with Crippen molar-refractivity contribution in [2.45, 2.75) is 45.2 Å². The normalized spacial score (nSPS) is 35.1. The number of esters is 1. The smallest absolute Gasteiger partial charge is 0.335 e. The van der Waals surface area contributed by atoms with Gasteiger partial charge in [-0.15, -0.1) is 0 Å². The molecule has 6 heteroatoms. The Morgan fingerprint density at radius 2 is 2.10 bits per heavy atom. The fraction of sp³-hybridized carbons (Fsp3) is 0.714. The van der Waals surface area contributed by atoms with Crippen molar-refractivity contribution in [1.29, 1.82) is 0 Å². The van der Waals surface area contributed by atoms with Gasteiger partial charge in [-0.25, -0.2) is 4.79 Å². The highest BCUT2D eigenvalue weighted by molar-refractivity contribution is 5.95. The summed E-state index contributed by atoms with van der Waals surface area (Å²) in [7, 11) is 1.35. The topological polar surface area (TPSA) is 65.1 Å². The molecule has 0 aromatic carbocycles. The lowest BCUT2D eigenvalue weighted by molar-refractivity contribution is -0.157. The third-order valence-electron chi connectivity index (χ3n) is 4.06. The molecule has 0 aromatic rings. The molecule has 3 atom stereocenters. The molecule has 0 spiro atoms. The summed E-state index contributed by atoms with van der Waals surface area (Å²) in [5.74, 6) is -1.23. The second kappa shape index (κ2) is 4.30. The number of rotatable bonds is 1. The molecule has 3 heterocycles. The van der Waals surface area contributed by atoms with Gasteiger partial charge in [0.2, 0.25) is 5.91 Å². The quantitative estimate of drug-likeness (QED) is 0.666. The first-order valence-electron chi connectivity index (χ1n) is 6.82. The minimum absolute atomic E-state index is 0.0135. The Bertz CT molecular complexity index is 510. The van der Waals surface area contributed by atoms with E-state index in [2.05, 4.69) is 0 Å². The van der Waals surface area contributed by atoms with Gasteiger partial charge < -0.3 is 19.1 Å². The van der Waals surface area contributed by atoms with E-state index in [0.29, 0.717) is 24.2 Å². The first kappa shape index (κ1) is 13.6. The van der Waals surface area contributed by atoms with Crippen molar-refractivity contribution in [2.75, 3.05) is 13.7 Å². The molecule has 0 saturated carbocycles. The van der Waals surface area contributed by atoms with Gasteiger partial charge in [-0.2, -0.15) is 0 Å². The van der Waals surface area contributed by atoms with Crippen LogP contribution in [0.5, 0.6) is 0 Å². The van der Waals surface area contributed by atoms with Crippen LogP contribution in [-0.4, -0.2) is 48.4 Å². The maximum atomic E-state index is 12.2. The SMILES string of the molecule is COC(=O)C1=C2[C@@H]3OC(C)(C)O[C@@H]3CN2C(=O)C[C@@H]1C. The summed E-state index contributed by atoms with van der Waals surface area (Å²) in [6.45, 7) is 5.97. The average molecular weight is 281 g/mol. The Labute approximate surface area is 117 Å². The van der Waals surface area contributed by atoms with Crippen molar-refractivity contribution in [1.82, 2.24) is 4.90 Å². The summed E-state index contributed by atoms with van der Waals surface area (Å²) in [5.41, 5.74) is 1.18. The summed E-state index contributed by atoms with van der Waals surface area (Å²) in [4.78, 5) is 25.8. The van der Waals surface area contributed by atoms with Crippen LogP contribution in [0.2, 0.25) is 0 Å². The third kappa shape index (κ3) is 1.86. The lowest BCUT2D eigenvalue weighted by Crippen LogP contribution is -2.39. The molecule has 1 amide bonds. The van der Waals surface area contributed by atoms with Gasteiger partial charge in [0.25, 0.3) is 0 Å². The van der Waals surface area contributed by atoms with E-state index in [4.69, 9.17) is 14.2 Å². The van der Waals surface area contributed by atoms with Gasteiger partial charge in [0.1, 0.15) is 12.2 Å². The average Bonchev–Trinajstić information content (AvgIpc) is 2.82. The van der Waals surface area contributed by atoms with Crippen LogP contribution < -0.4 is 0 Å². The van der Waals surface area contributed by atoms with Crippen LogP contribution in [0.4, 0.5) is 0 Å². The van der Waals surface area contributed by atoms with Crippen molar-refractivity contribution in [3.63, 3.8) is 0 Å². The van der Waals surface area contributed by atoms with E-state index in [1.54, 1.807) is 4.90 Å². The van der Waals surface area contributed by atoms with E-state index >= 15 is 0 Å². The van der Waals surface area contributed by atoms with Crippen LogP contribution >= 0.6 is 0 Å². The molecule has 3 aliphatic heterocycles. The number of carbonyl (C=O) groups excluding carboxylic acids is 2. The van der Waals surface area contributed by atoms with Crippen LogP contribution in [0.1, 0.15) is 27.2 Å². The Hall–Kier alpha value is -1.40. The van der Waals surface area contributed by atoms with E-state index in [1.807, 2.05) is 20.8 Å². The maximum absolute atomic E-state index is 12.2. The second-order valence-electron chi connectivity index (χ2n) is 5.99. The maximum Gasteiger partial charge on any atom is 0.335 e. The Balaban J connectivity index is 2.07. The van der Waals surface area contributed by atoms with Crippen LogP contribution in [-0.2, 0) is 23.8 Å². The first-order valence-corrected chi connectivity index (χ1v) is 6.82. The van der Waals surface area contributed by atoms with Gasteiger partial charge in [0, 0.05) is 6.42 Å². The predicted molar refractivity (Wildman–Crippen MR) is 68.4 cm³/mol. The predicted octanol–water partition coefficient (Wildman–Crippen LogP) is 0.816. The molecule has 0 aromatic heterocycles. The van der Waals surface area contributed by atoms with E-state index < -0.39 is 5.79 Å². The molecule has 3 aliphatic rings. The number of ether oxygens (including phenoxy) is 3. The number of amides is 1. The van der Waals surface area contributed by atoms with Crippen LogP contribution in [0.15, 0.2) is 11.3 Å². The number of nitrogens with zero attached hydrogens (tertiary/aromatic N) is 1. The highest BCUT2D eigenvalue weighted by atomic mass is 16.8. The minimum Gasteiger partial charge on any atom is -0.466 e. The monoisotopic (exact) mass is 281 g/mol. The number of hydrogen-bond acceptors (Lipinski definition) is 5. The molecular formula is C14H19NO5. The molecule has 0 bridgehead atoms. The molecule has 0 unspecified atom stereocenters. The lowest BCUT2D eigenvalue weighted by atomic mass is 9.90. The summed E-state index contributed by atoms with van der Waals surface area (Å²) in [6, 6.07) is 0. The molecule has 6 nitrogen and oxygen atoms in total. The largest absolute Gasteiger partial charge is 0.466 e. The molecular weight excluding hydrogens is 262 g/mol. The molecule has 2 fully saturated rings. The van der Waals surface area contributed by atoms with E-state index in [1.165, 1.54) is 7.11 Å². The zero-order chi connectivity index (χ0) is 14.7. The zero-order valence-corrected chi connectivity index (χ0v) is 12.1. The number of methoxy groups -OCH3 is 1. The summed E-state index contributed by atoms with van der Waals surface area (Å²) in [5, 5.41) is 0. The minimum atomic E-state index is -0.695. The molecule has 2 saturated heterocycles. The van der Waals surface area contributed by atoms with Crippen molar-refractivity contribution in [3.05, 3.63) is 11.3 Å². The van der Waals surface area contributed by atoms with Gasteiger partial charge in [0.05, 0.1) is 24.9 Å². The Morgan fingerprint density at radius 1 is 1.40 bits per heavy atom. The summed E-state index contributed by atoms with van der Waals surface area (Å²) < 4.78 is 16.6. The Kier molecular flexibility index (Phi) is 2.92. The zero-order valence-electron chi connectivity index (χ0n) is 12.1. The van der Waals surface area contributed by atoms with Crippen molar-refractivity contribution < 1.29 is 23.8 Å². The van der Waals surface area contributed by atoms with E-state index in [-0.39, 0.29) is 30.0 Å². The fourth-order valence-electron chi connectivity index (χ4n) is 3.31. The van der Waals surface area contributed by atoms with Crippen molar-refractivity contribution in [3.8, 4) is 0 Å². The molecule has 3 rings (SSSR count). The van der Waals surface area contributed by atoms with Gasteiger partial charge in [-0.3, -0.25) is 4.79 Å². The highest BCUT2D eigenvalue weighted by Gasteiger charge is 2.54. The van der Waals surface area contributed by atoms with Gasteiger partial charge in [-0.1, -0.05) is 6.92 Å². The third-order valence-corrected chi connectivity index (χ3v) is 4.06. The second-order valence-corrected chi connectivity index (χ2v) is 5.99. The molecule has 0 aliphatic carbocycles. The summed E-state index contributed by atoms with van der Waals surface area (Å²) in [6.07, 6.45) is -0.267. The lowest BCUT2D eigenvalue weighted by Gasteiger charge is -2.32. The highest BCUT2D eigenvalue weighted by Crippen LogP contribution is 2.44. The van der Waals surface area contributed by atoms with Crippen LogP contribution in [0.25, 0.3) is 0 Å². The first-order chi connectivity index (χ1) is 9.34. The number of fused-ring (bicyclic) bond motifs is 3. The van der Waals surface area contributed by atoms with E-state index in [0.717, 1.165) is 0 Å². The molecule has 110 valence electrons. The van der Waals surface area contributed by atoms with Crippen molar-refractivity contribution in [2.24, 2.45) is 5.92 Å². The van der Waals surface area contributed by atoms with Crippen molar-refractivity contribution >= 4 is 11.9 Å². The fourth-order valence-corrected chi connectivity index (χ4v) is 3.31. The van der Waals surface area contributed by atoms with Gasteiger partial charge in [-0.05, 0) is 19.8 Å². The summed E-state index contributed by atoms with van der Waals surface area (Å²) >= 11 is 0. The molecule has 20 heavy (non-hydrogen) atoms. The van der Waals surface area contributed by atoms with Crippen LogP contribution in [0, 0.1) is 5.92 Å². The molecule has 0 radical (unpaired) electrons.